The van der Waals surface area contributed by atoms with Gasteiger partial charge < -0.3 is 43.1 Å². The summed E-state index contributed by atoms with van der Waals surface area (Å²) in [5, 5.41) is 0. The lowest BCUT2D eigenvalue weighted by Gasteiger charge is -2.16. The van der Waals surface area contributed by atoms with Crippen molar-refractivity contribution < 1.29 is 42.8 Å². The van der Waals surface area contributed by atoms with Crippen molar-refractivity contribution in [2.75, 3.05) is 83.0 Å². The number of amides is 3. The molecule has 0 radical (unpaired) electrons. The molecule has 3 amide bonds. The minimum atomic E-state index is 0.146. The van der Waals surface area contributed by atoms with Crippen LogP contribution in [0.5, 0.6) is 0 Å². The Balaban J connectivity index is -0.000000679. The summed E-state index contributed by atoms with van der Waals surface area (Å²) < 4.78 is 29.6. The molecule has 0 aromatic carbocycles. The van der Waals surface area contributed by atoms with Gasteiger partial charge in [-0.05, 0) is 19.3 Å². The standard InChI is InChI=1S/C14H29NO3.C13H27NO3.C12H25NO3/c1-4-5-6-7-8-9-10-11-14(16)15(2)12-18-13-17-3;1-4-5-6-7-8-9-10-13(15)14(2)11-17-12-16-3;1-4-5-6-7-8-9-12(14)13(2)10-16-11-15-3/h4-13H2,1-3H3;4-12H2,1-3H3;4-11H2,1-3H3. The van der Waals surface area contributed by atoms with Gasteiger partial charge in [0.15, 0.2) is 0 Å². The van der Waals surface area contributed by atoms with Crippen LogP contribution in [0.4, 0.5) is 0 Å². The van der Waals surface area contributed by atoms with Gasteiger partial charge in [-0.15, -0.1) is 0 Å². The van der Waals surface area contributed by atoms with Crippen molar-refractivity contribution >= 4 is 17.7 Å². The fraction of sp³-hybridized carbons (Fsp3) is 0.923. The second-order valence-corrected chi connectivity index (χ2v) is 13.0. The van der Waals surface area contributed by atoms with Gasteiger partial charge in [0, 0.05) is 61.7 Å². The molecule has 12 nitrogen and oxygen atoms in total. The van der Waals surface area contributed by atoms with Gasteiger partial charge in [-0.25, -0.2) is 0 Å². The summed E-state index contributed by atoms with van der Waals surface area (Å²) in [6, 6.07) is 0. The van der Waals surface area contributed by atoms with E-state index in [0.29, 0.717) is 39.5 Å². The molecule has 0 unspecified atom stereocenters. The van der Waals surface area contributed by atoms with Gasteiger partial charge in [0.25, 0.3) is 0 Å². The molecule has 0 atom stereocenters. The van der Waals surface area contributed by atoms with Gasteiger partial charge in [0.2, 0.25) is 17.7 Å². The van der Waals surface area contributed by atoms with Crippen molar-refractivity contribution in [3.8, 4) is 0 Å². The predicted octanol–water partition coefficient (Wildman–Crippen LogP) is 8.32. The van der Waals surface area contributed by atoms with Crippen LogP contribution in [0.15, 0.2) is 0 Å². The Labute approximate surface area is 313 Å². The topological polar surface area (TPSA) is 116 Å². The summed E-state index contributed by atoms with van der Waals surface area (Å²) in [6.45, 7) is 8.23. The van der Waals surface area contributed by atoms with E-state index >= 15 is 0 Å². The molecule has 0 aromatic heterocycles. The molecule has 0 rings (SSSR count). The van der Waals surface area contributed by atoms with Crippen molar-refractivity contribution in [3.63, 3.8) is 0 Å². The number of carbonyl (C=O) groups is 3. The van der Waals surface area contributed by atoms with Gasteiger partial charge >= 0.3 is 0 Å². The highest BCUT2D eigenvalue weighted by atomic mass is 16.7. The van der Waals surface area contributed by atoms with E-state index < -0.39 is 0 Å². The normalized spacial score (nSPS) is 10.5. The number of ether oxygens (including phenoxy) is 6. The van der Waals surface area contributed by atoms with Crippen molar-refractivity contribution in [1.29, 1.82) is 0 Å². The molecule has 0 saturated heterocycles. The zero-order chi connectivity index (χ0) is 38.8. The molecule has 0 N–H and O–H groups in total. The van der Waals surface area contributed by atoms with Gasteiger partial charge in [0.1, 0.15) is 40.6 Å². The number of nitrogens with zero attached hydrogens (tertiary/aromatic N) is 3. The summed E-state index contributed by atoms with van der Waals surface area (Å²) in [6.07, 6.45) is 23.6. The molecular weight excluding hydrogens is 654 g/mol. The third kappa shape index (κ3) is 42.5. The Morgan fingerprint density at radius 1 is 0.373 bits per heavy atom. The van der Waals surface area contributed by atoms with Crippen LogP contribution < -0.4 is 0 Å². The van der Waals surface area contributed by atoms with E-state index in [4.69, 9.17) is 28.4 Å². The van der Waals surface area contributed by atoms with E-state index in [1.54, 1.807) is 57.2 Å². The van der Waals surface area contributed by atoms with Gasteiger partial charge in [-0.1, -0.05) is 117 Å². The first-order valence-electron chi connectivity index (χ1n) is 19.6. The lowest BCUT2D eigenvalue weighted by Crippen LogP contribution is -2.29. The van der Waals surface area contributed by atoms with E-state index in [1.165, 1.54) is 77.0 Å². The highest BCUT2D eigenvalue weighted by Crippen LogP contribution is 2.10. The molecule has 0 spiro atoms. The molecule has 12 heteroatoms. The summed E-state index contributed by atoms with van der Waals surface area (Å²) in [5.74, 6) is 0.448. The SMILES string of the molecule is CCCCCCCC(=O)N(C)COCOC.CCCCCCCCC(=O)N(C)COCOC.CCCCCCCCCC(=O)N(C)COCOC. The van der Waals surface area contributed by atoms with Crippen LogP contribution in [-0.2, 0) is 42.8 Å². The van der Waals surface area contributed by atoms with E-state index in [0.717, 1.165) is 38.5 Å². The van der Waals surface area contributed by atoms with Crippen LogP contribution in [-0.4, -0.2) is 115 Å². The van der Waals surface area contributed by atoms with Crippen LogP contribution in [0, 0.1) is 0 Å². The van der Waals surface area contributed by atoms with E-state index in [1.807, 2.05) is 0 Å². The summed E-state index contributed by atoms with van der Waals surface area (Å²) in [5.41, 5.74) is 0. The molecule has 0 bridgehead atoms. The molecule has 0 aliphatic rings. The minimum absolute atomic E-state index is 0.146. The summed E-state index contributed by atoms with van der Waals surface area (Å²) in [7, 11) is 9.98. The zero-order valence-corrected chi connectivity index (χ0v) is 34.6. The lowest BCUT2D eigenvalue weighted by molar-refractivity contribution is -0.140. The number of rotatable bonds is 33. The fourth-order valence-corrected chi connectivity index (χ4v) is 4.73. The molecule has 0 fully saturated rings. The van der Waals surface area contributed by atoms with Gasteiger partial charge in [0.05, 0.1) is 0 Å². The van der Waals surface area contributed by atoms with Crippen molar-refractivity contribution in [1.82, 2.24) is 14.7 Å². The minimum Gasteiger partial charge on any atom is -0.359 e. The quantitative estimate of drug-likeness (QED) is 0.0485. The molecule has 306 valence electrons. The van der Waals surface area contributed by atoms with Crippen molar-refractivity contribution in [2.45, 2.75) is 156 Å². The van der Waals surface area contributed by atoms with Crippen molar-refractivity contribution in [3.05, 3.63) is 0 Å². The van der Waals surface area contributed by atoms with E-state index in [-0.39, 0.29) is 38.1 Å². The molecule has 0 aromatic rings. The van der Waals surface area contributed by atoms with E-state index in [9.17, 15) is 14.4 Å². The van der Waals surface area contributed by atoms with Gasteiger partial charge in [-0.3, -0.25) is 14.4 Å². The molecule has 0 heterocycles. The molecule has 51 heavy (non-hydrogen) atoms. The molecule has 0 aliphatic heterocycles. The second kappa shape index (κ2) is 44.3. The number of hydrogen-bond acceptors (Lipinski definition) is 9. The monoisotopic (exact) mass is 736 g/mol. The maximum absolute atomic E-state index is 11.7. The Bertz CT molecular complexity index is 747. The molecule has 0 saturated carbocycles. The van der Waals surface area contributed by atoms with Crippen LogP contribution in [0.3, 0.4) is 0 Å². The largest absolute Gasteiger partial charge is 0.359 e. The number of hydrogen-bond donors (Lipinski definition) is 0. The number of unbranched alkanes of at least 4 members (excludes halogenated alkanes) is 15. The maximum atomic E-state index is 11.7. The highest BCUT2D eigenvalue weighted by Gasteiger charge is 2.09. The maximum Gasteiger partial charge on any atom is 0.224 e. The Morgan fingerprint density at radius 2 is 0.588 bits per heavy atom. The first-order chi connectivity index (χ1) is 24.7. The highest BCUT2D eigenvalue weighted by molar-refractivity contribution is 5.76. The van der Waals surface area contributed by atoms with E-state index in [2.05, 4.69) is 20.8 Å². The summed E-state index contributed by atoms with van der Waals surface area (Å²) >= 11 is 0. The average molecular weight is 736 g/mol. The Morgan fingerprint density at radius 3 is 0.804 bits per heavy atom. The smallest absolute Gasteiger partial charge is 0.224 e. The predicted molar refractivity (Wildman–Crippen MR) is 206 cm³/mol. The third-order valence-electron chi connectivity index (χ3n) is 7.97. The third-order valence-corrected chi connectivity index (χ3v) is 7.97. The first kappa shape index (κ1) is 53.5. The van der Waals surface area contributed by atoms with Gasteiger partial charge in [-0.2, -0.15) is 0 Å². The molecular formula is C39H81N3O9. The Hall–Kier alpha value is -1.83. The van der Waals surface area contributed by atoms with Crippen LogP contribution >= 0.6 is 0 Å². The van der Waals surface area contributed by atoms with Crippen molar-refractivity contribution in [2.24, 2.45) is 0 Å². The first-order valence-corrected chi connectivity index (χ1v) is 19.6. The zero-order valence-electron chi connectivity index (χ0n) is 34.6. The van der Waals surface area contributed by atoms with Crippen LogP contribution in [0.25, 0.3) is 0 Å². The Kier molecular flexibility index (Phi) is 46.5. The average Bonchev–Trinajstić information content (AvgIpc) is 3.13. The lowest BCUT2D eigenvalue weighted by atomic mass is 10.1. The number of carbonyl (C=O) groups excluding carboxylic acids is 3. The fourth-order valence-electron chi connectivity index (χ4n) is 4.73. The summed E-state index contributed by atoms with van der Waals surface area (Å²) in [4.78, 5) is 39.7. The van der Waals surface area contributed by atoms with Crippen LogP contribution in [0.2, 0.25) is 0 Å². The second-order valence-electron chi connectivity index (χ2n) is 13.0. The number of methoxy groups -OCH3 is 3. The molecule has 0 aliphatic carbocycles. The van der Waals surface area contributed by atoms with Crippen LogP contribution in [0.1, 0.15) is 156 Å².